The summed E-state index contributed by atoms with van der Waals surface area (Å²) < 4.78 is 1.62. The first-order valence-electron chi connectivity index (χ1n) is 6.33. The van der Waals surface area contributed by atoms with Gasteiger partial charge in [0, 0.05) is 19.2 Å². The number of nitrogens with zero attached hydrogens (tertiary/aromatic N) is 4. The van der Waals surface area contributed by atoms with E-state index in [9.17, 15) is 9.59 Å². The maximum atomic E-state index is 12.3. The van der Waals surface area contributed by atoms with Crippen LogP contribution in [-0.4, -0.2) is 50.0 Å². The summed E-state index contributed by atoms with van der Waals surface area (Å²) in [5.41, 5.74) is 1.86. The predicted molar refractivity (Wildman–Crippen MR) is 72.3 cm³/mol. The van der Waals surface area contributed by atoms with Crippen molar-refractivity contribution in [1.82, 2.24) is 19.9 Å². The molecular formula is C13H16N4O3. The fraction of sp³-hybridized carbons (Fsp3) is 0.385. The summed E-state index contributed by atoms with van der Waals surface area (Å²) >= 11 is 0. The molecule has 1 N–H and O–H groups in total. The number of carbonyl (C=O) groups is 2. The number of amides is 1. The second-order valence-electron chi connectivity index (χ2n) is 4.54. The third-order valence-corrected chi connectivity index (χ3v) is 2.96. The smallest absolute Gasteiger partial charge is 0.323 e. The molecule has 1 amide bonds. The topological polar surface area (TPSA) is 88.3 Å². The Morgan fingerprint density at radius 1 is 1.40 bits per heavy atom. The maximum absolute atomic E-state index is 12.3. The highest BCUT2D eigenvalue weighted by Gasteiger charge is 2.18. The number of hydrogen-bond donors (Lipinski definition) is 1. The lowest BCUT2D eigenvalue weighted by molar-refractivity contribution is -0.137. The van der Waals surface area contributed by atoms with E-state index in [1.54, 1.807) is 29.9 Å². The van der Waals surface area contributed by atoms with Crippen LogP contribution < -0.4 is 0 Å². The van der Waals surface area contributed by atoms with Crippen molar-refractivity contribution in [2.75, 3.05) is 13.1 Å². The number of carboxylic acids is 1. The summed E-state index contributed by atoms with van der Waals surface area (Å²) in [4.78, 5) is 24.5. The molecule has 0 aliphatic rings. The van der Waals surface area contributed by atoms with Gasteiger partial charge in [0.25, 0.3) is 5.91 Å². The van der Waals surface area contributed by atoms with Crippen LogP contribution in [0.15, 0.2) is 18.2 Å². The van der Waals surface area contributed by atoms with E-state index in [-0.39, 0.29) is 12.5 Å². The van der Waals surface area contributed by atoms with Crippen LogP contribution in [0.4, 0.5) is 0 Å². The largest absolute Gasteiger partial charge is 0.480 e. The van der Waals surface area contributed by atoms with Gasteiger partial charge in [-0.3, -0.25) is 9.59 Å². The van der Waals surface area contributed by atoms with Crippen LogP contribution in [0.1, 0.15) is 23.7 Å². The van der Waals surface area contributed by atoms with E-state index in [0.29, 0.717) is 24.0 Å². The molecular weight excluding hydrogens is 260 g/mol. The van der Waals surface area contributed by atoms with E-state index >= 15 is 0 Å². The molecule has 0 bridgehead atoms. The van der Waals surface area contributed by atoms with E-state index < -0.39 is 5.97 Å². The van der Waals surface area contributed by atoms with Gasteiger partial charge in [0.2, 0.25) is 0 Å². The van der Waals surface area contributed by atoms with Gasteiger partial charge in [-0.1, -0.05) is 12.1 Å². The van der Waals surface area contributed by atoms with Crippen molar-refractivity contribution in [3.05, 3.63) is 23.8 Å². The number of hydrogen-bond acceptors (Lipinski definition) is 4. The van der Waals surface area contributed by atoms with Gasteiger partial charge >= 0.3 is 5.97 Å². The van der Waals surface area contributed by atoms with Crippen LogP contribution in [0.5, 0.6) is 0 Å². The molecule has 0 aliphatic carbocycles. The molecule has 1 heterocycles. The predicted octanol–water partition coefficient (Wildman–Crippen LogP) is 0.905. The first kappa shape index (κ1) is 14.0. The second-order valence-corrected chi connectivity index (χ2v) is 4.54. The van der Waals surface area contributed by atoms with E-state index in [1.165, 1.54) is 4.90 Å². The Morgan fingerprint density at radius 3 is 2.80 bits per heavy atom. The molecule has 7 nitrogen and oxygen atoms in total. The fourth-order valence-corrected chi connectivity index (χ4v) is 2.04. The average molecular weight is 276 g/mol. The number of carboxylic acid groups (broad SMARTS) is 1. The normalized spacial score (nSPS) is 10.7. The average Bonchev–Trinajstić information content (AvgIpc) is 2.78. The van der Waals surface area contributed by atoms with Crippen LogP contribution in [0.2, 0.25) is 0 Å². The summed E-state index contributed by atoms with van der Waals surface area (Å²) in [6.07, 6.45) is 0.701. The SMILES string of the molecule is CCCN(CC(=O)O)C(=O)c1ccc2c(c1)nnn2C. The Bertz CT molecular complexity index is 650. The Kier molecular flexibility index (Phi) is 3.97. The number of benzene rings is 1. The first-order chi connectivity index (χ1) is 9.52. The van der Waals surface area contributed by atoms with Gasteiger partial charge in [-0.2, -0.15) is 0 Å². The number of carbonyl (C=O) groups excluding carboxylic acids is 1. The summed E-state index contributed by atoms with van der Waals surface area (Å²) in [5, 5.41) is 16.7. The molecule has 0 atom stereocenters. The van der Waals surface area contributed by atoms with Gasteiger partial charge in [-0.25, -0.2) is 4.68 Å². The summed E-state index contributed by atoms with van der Waals surface area (Å²) in [5.74, 6) is -1.32. The lowest BCUT2D eigenvalue weighted by atomic mass is 10.1. The van der Waals surface area contributed by atoms with Gasteiger partial charge in [0.15, 0.2) is 0 Å². The first-order valence-corrected chi connectivity index (χ1v) is 6.33. The zero-order chi connectivity index (χ0) is 14.7. The Balaban J connectivity index is 2.30. The van der Waals surface area contributed by atoms with E-state index in [4.69, 9.17) is 5.11 Å². The molecule has 0 saturated carbocycles. The molecule has 0 saturated heterocycles. The minimum Gasteiger partial charge on any atom is -0.480 e. The van der Waals surface area contributed by atoms with Gasteiger partial charge < -0.3 is 10.0 Å². The van der Waals surface area contributed by atoms with Crippen molar-refractivity contribution in [3.8, 4) is 0 Å². The monoisotopic (exact) mass is 276 g/mol. The molecule has 0 radical (unpaired) electrons. The third kappa shape index (κ3) is 2.76. The van der Waals surface area contributed by atoms with Crippen molar-refractivity contribution in [2.24, 2.45) is 7.05 Å². The van der Waals surface area contributed by atoms with Gasteiger partial charge in [0.1, 0.15) is 12.1 Å². The standard InChI is InChI=1S/C13H16N4O3/c1-3-6-17(8-12(18)19)13(20)9-4-5-11-10(7-9)14-15-16(11)2/h4-5,7H,3,6,8H2,1-2H3,(H,18,19). The van der Waals surface area contributed by atoms with Crippen LogP contribution in [0.25, 0.3) is 11.0 Å². The number of aryl methyl sites for hydroxylation is 1. The highest BCUT2D eigenvalue weighted by molar-refractivity contribution is 5.98. The molecule has 0 fully saturated rings. The molecule has 106 valence electrons. The number of fused-ring (bicyclic) bond motifs is 1. The van der Waals surface area contributed by atoms with Crippen molar-refractivity contribution in [3.63, 3.8) is 0 Å². The fourth-order valence-electron chi connectivity index (χ4n) is 2.04. The molecule has 2 rings (SSSR count). The number of aromatic nitrogens is 3. The Morgan fingerprint density at radius 2 is 2.15 bits per heavy atom. The minimum absolute atomic E-state index is 0.300. The molecule has 0 aliphatic heterocycles. The molecule has 7 heteroatoms. The summed E-state index contributed by atoms with van der Waals surface area (Å²) in [7, 11) is 1.77. The van der Waals surface area contributed by atoms with Crippen LogP contribution in [0, 0.1) is 0 Å². The lowest BCUT2D eigenvalue weighted by Crippen LogP contribution is -2.36. The number of rotatable bonds is 5. The lowest BCUT2D eigenvalue weighted by Gasteiger charge is -2.19. The minimum atomic E-state index is -1.02. The molecule has 0 spiro atoms. The molecule has 2 aromatic rings. The van der Waals surface area contributed by atoms with Crippen molar-refractivity contribution >= 4 is 22.9 Å². The van der Waals surface area contributed by atoms with Crippen LogP contribution in [0.3, 0.4) is 0 Å². The van der Waals surface area contributed by atoms with Gasteiger partial charge in [0.05, 0.1) is 5.52 Å². The molecule has 1 aromatic heterocycles. The van der Waals surface area contributed by atoms with E-state index in [0.717, 1.165) is 5.52 Å². The Hall–Kier alpha value is -2.44. The highest BCUT2D eigenvalue weighted by atomic mass is 16.4. The van der Waals surface area contributed by atoms with Gasteiger partial charge in [-0.15, -0.1) is 5.10 Å². The maximum Gasteiger partial charge on any atom is 0.323 e. The van der Waals surface area contributed by atoms with Crippen molar-refractivity contribution in [1.29, 1.82) is 0 Å². The summed E-state index contributed by atoms with van der Waals surface area (Å²) in [6, 6.07) is 5.06. The third-order valence-electron chi connectivity index (χ3n) is 2.96. The molecule has 1 aromatic carbocycles. The summed E-state index contributed by atoms with van der Waals surface area (Å²) in [6.45, 7) is 2.00. The Labute approximate surface area is 115 Å². The van der Waals surface area contributed by atoms with Crippen LogP contribution >= 0.6 is 0 Å². The molecule has 20 heavy (non-hydrogen) atoms. The van der Waals surface area contributed by atoms with Crippen molar-refractivity contribution in [2.45, 2.75) is 13.3 Å². The zero-order valence-corrected chi connectivity index (χ0v) is 11.4. The molecule has 0 unspecified atom stereocenters. The zero-order valence-electron chi connectivity index (χ0n) is 11.4. The number of aliphatic carboxylic acids is 1. The van der Waals surface area contributed by atoms with E-state index in [1.807, 2.05) is 6.92 Å². The highest BCUT2D eigenvalue weighted by Crippen LogP contribution is 2.14. The van der Waals surface area contributed by atoms with E-state index in [2.05, 4.69) is 10.3 Å². The van der Waals surface area contributed by atoms with Crippen LogP contribution in [-0.2, 0) is 11.8 Å². The van der Waals surface area contributed by atoms with Crippen molar-refractivity contribution < 1.29 is 14.7 Å². The second kappa shape index (κ2) is 5.68. The van der Waals surface area contributed by atoms with Gasteiger partial charge in [-0.05, 0) is 24.6 Å². The quantitative estimate of drug-likeness (QED) is 0.876.